The second-order valence-corrected chi connectivity index (χ2v) is 5.10. The Bertz CT molecular complexity index is 194. The van der Waals surface area contributed by atoms with Gasteiger partial charge in [-0.3, -0.25) is 0 Å². The molecular weight excluding hydrogens is 156 g/mol. The van der Waals surface area contributed by atoms with Crippen LogP contribution in [0.5, 0.6) is 0 Å². The van der Waals surface area contributed by atoms with Crippen molar-refractivity contribution in [3.05, 3.63) is 11.6 Å². The van der Waals surface area contributed by atoms with Gasteiger partial charge in [-0.25, -0.2) is 0 Å². The summed E-state index contributed by atoms with van der Waals surface area (Å²) in [5, 5.41) is 0. The Morgan fingerprint density at radius 1 is 1.00 bits per heavy atom. The quantitative estimate of drug-likeness (QED) is 0.520. The first-order valence-corrected chi connectivity index (χ1v) is 6.01. The summed E-state index contributed by atoms with van der Waals surface area (Å²) in [6, 6.07) is 0. The molecule has 0 atom stereocenters. The molecule has 2 aliphatic rings. The summed E-state index contributed by atoms with van der Waals surface area (Å²) in [4.78, 5) is 0. The summed E-state index contributed by atoms with van der Waals surface area (Å²) in [6.07, 6.45) is 15.5. The Hall–Kier alpha value is -0.260. The van der Waals surface area contributed by atoms with E-state index >= 15 is 0 Å². The molecule has 0 nitrogen and oxygen atoms in total. The predicted molar refractivity (Wildman–Crippen MR) is 57.7 cm³/mol. The normalized spacial score (nSPS) is 28.2. The topological polar surface area (TPSA) is 0 Å². The molecule has 0 heterocycles. The first-order chi connectivity index (χ1) is 6.31. The van der Waals surface area contributed by atoms with Crippen molar-refractivity contribution in [2.45, 2.75) is 64.7 Å². The van der Waals surface area contributed by atoms with Gasteiger partial charge >= 0.3 is 0 Å². The second kappa shape index (κ2) is 3.86. The lowest BCUT2D eigenvalue weighted by molar-refractivity contribution is 0.255. The summed E-state index contributed by atoms with van der Waals surface area (Å²) in [7, 11) is 0. The van der Waals surface area contributed by atoms with Crippen molar-refractivity contribution in [2.75, 3.05) is 0 Å². The third-order valence-electron chi connectivity index (χ3n) is 4.02. The second-order valence-electron chi connectivity index (χ2n) is 5.10. The van der Waals surface area contributed by atoms with Crippen LogP contribution in [0.25, 0.3) is 0 Å². The third-order valence-corrected chi connectivity index (χ3v) is 4.02. The molecule has 2 rings (SSSR count). The highest BCUT2D eigenvalue weighted by Crippen LogP contribution is 2.45. The summed E-state index contributed by atoms with van der Waals surface area (Å²) in [5.74, 6) is 0. The van der Waals surface area contributed by atoms with Gasteiger partial charge in [0.25, 0.3) is 0 Å². The maximum absolute atomic E-state index is 2.55. The molecule has 0 unspecified atom stereocenters. The maximum atomic E-state index is 2.55. The average molecular weight is 178 g/mol. The van der Waals surface area contributed by atoms with Gasteiger partial charge in [0, 0.05) is 0 Å². The van der Waals surface area contributed by atoms with E-state index in [0.29, 0.717) is 5.41 Å². The zero-order valence-corrected chi connectivity index (χ0v) is 8.94. The fourth-order valence-electron chi connectivity index (χ4n) is 3.04. The lowest BCUT2D eigenvalue weighted by Crippen LogP contribution is -2.23. The molecule has 13 heavy (non-hydrogen) atoms. The standard InChI is InChI=1S/C13H22/c1-13(10-6-3-7-11-13)12-8-4-2-5-9-12/h8H,2-7,9-11H2,1H3. The Morgan fingerprint density at radius 3 is 2.38 bits per heavy atom. The lowest BCUT2D eigenvalue weighted by atomic mass is 9.68. The van der Waals surface area contributed by atoms with Crippen molar-refractivity contribution in [2.24, 2.45) is 5.41 Å². The van der Waals surface area contributed by atoms with Gasteiger partial charge in [-0.05, 0) is 43.9 Å². The van der Waals surface area contributed by atoms with Gasteiger partial charge in [0.2, 0.25) is 0 Å². The smallest absolute Gasteiger partial charge is 0.0116 e. The van der Waals surface area contributed by atoms with Crippen LogP contribution in [0.1, 0.15) is 64.7 Å². The largest absolute Gasteiger partial charge is 0.0848 e. The highest BCUT2D eigenvalue weighted by Gasteiger charge is 2.30. The molecule has 0 aromatic carbocycles. The van der Waals surface area contributed by atoms with Gasteiger partial charge in [0.05, 0.1) is 0 Å². The number of rotatable bonds is 1. The number of hydrogen-bond acceptors (Lipinski definition) is 0. The molecule has 0 heteroatoms. The van der Waals surface area contributed by atoms with Crippen molar-refractivity contribution in [3.63, 3.8) is 0 Å². The van der Waals surface area contributed by atoms with Crippen molar-refractivity contribution in [1.29, 1.82) is 0 Å². The minimum Gasteiger partial charge on any atom is -0.0848 e. The molecule has 0 spiro atoms. The average Bonchev–Trinajstić information content (AvgIpc) is 2.20. The molecule has 0 amide bonds. The van der Waals surface area contributed by atoms with Gasteiger partial charge in [-0.2, -0.15) is 0 Å². The van der Waals surface area contributed by atoms with E-state index in [1.54, 1.807) is 5.57 Å². The Morgan fingerprint density at radius 2 is 1.77 bits per heavy atom. The molecule has 0 bridgehead atoms. The minimum absolute atomic E-state index is 0.610. The summed E-state index contributed by atoms with van der Waals surface area (Å²) >= 11 is 0. The van der Waals surface area contributed by atoms with Crippen LogP contribution in [0.2, 0.25) is 0 Å². The highest BCUT2D eigenvalue weighted by molar-refractivity contribution is 5.16. The van der Waals surface area contributed by atoms with E-state index in [0.717, 1.165) is 0 Å². The zero-order valence-electron chi connectivity index (χ0n) is 8.94. The summed E-state index contributed by atoms with van der Waals surface area (Å²) in [5.41, 5.74) is 2.41. The van der Waals surface area contributed by atoms with Crippen LogP contribution >= 0.6 is 0 Å². The van der Waals surface area contributed by atoms with Crippen LogP contribution in [0.4, 0.5) is 0 Å². The van der Waals surface area contributed by atoms with E-state index < -0.39 is 0 Å². The van der Waals surface area contributed by atoms with E-state index in [9.17, 15) is 0 Å². The van der Waals surface area contributed by atoms with Crippen LogP contribution in [0, 0.1) is 5.41 Å². The van der Waals surface area contributed by atoms with Gasteiger partial charge in [0.1, 0.15) is 0 Å². The van der Waals surface area contributed by atoms with Crippen LogP contribution in [-0.2, 0) is 0 Å². The molecule has 1 fully saturated rings. The number of allylic oxidation sites excluding steroid dienone is 2. The fourth-order valence-corrected chi connectivity index (χ4v) is 3.04. The molecule has 74 valence electrons. The van der Waals surface area contributed by atoms with Crippen molar-refractivity contribution in [1.82, 2.24) is 0 Å². The van der Waals surface area contributed by atoms with Crippen LogP contribution in [0.3, 0.4) is 0 Å². The third kappa shape index (κ3) is 1.98. The van der Waals surface area contributed by atoms with Gasteiger partial charge in [0.15, 0.2) is 0 Å². The minimum atomic E-state index is 0.610. The van der Waals surface area contributed by atoms with Crippen molar-refractivity contribution < 1.29 is 0 Å². The Labute approximate surface area is 82.4 Å². The Kier molecular flexibility index (Phi) is 2.76. The molecule has 1 saturated carbocycles. The monoisotopic (exact) mass is 178 g/mol. The molecule has 0 saturated heterocycles. The van der Waals surface area contributed by atoms with E-state index in [-0.39, 0.29) is 0 Å². The fraction of sp³-hybridized carbons (Fsp3) is 0.846. The highest BCUT2D eigenvalue weighted by atomic mass is 14.4. The molecule has 0 N–H and O–H groups in total. The van der Waals surface area contributed by atoms with E-state index in [4.69, 9.17) is 0 Å². The molecule has 0 aromatic rings. The number of hydrogen-bond donors (Lipinski definition) is 0. The molecule has 2 aliphatic carbocycles. The van der Waals surface area contributed by atoms with E-state index in [1.807, 2.05) is 0 Å². The maximum Gasteiger partial charge on any atom is -0.0116 e. The van der Waals surface area contributed by atoms with Crippen molar-refractivity contribution >= 4 is 0 Å². The van der Waals surface area contributed by atoms with Crippen LogP contribution in [0.15, 0.2) is 11.6 Å². The van der Waals surface area contributed by atoms with E-state index in [1.165, 1.54) is 57.8 Å². The first-order valence-electron chi connectivity index (χ1n) is 6.01. The SMILES string of the molecule is CC1(C2=CCCCC2)CCCCC1. The Balaban J connectivity index is 2.07. The van der Waals surface area contributed by atoms with Gasteiger partial charge in [-0.15, -0.1) is 0 Å². The van der Waals surface area contributed by atoms with E-state index in [2.05, 4.69) is 13.0 Å². The first kappa shape index (κ1) is 9.30. The molecule has 0 aliphatic heterocycles. The van der Waals surface area contributed by atoms with Gasteiger partial charge < -0.3 is 0 Å². The van der Waals surface area contributed by atoms with Gasteiger partial charge in [-0.1, -0.05) is 37.8 Å². The molecule has 0 radical (unpaired) electrons. The molecule has 0 aromatic heterocycles. The lowest BCUT2D eigenvalue weighted by Gasteiger charge is -2.37. The van der Waals surface area contributed by atoms with Crippen LogP contribution < -0.4 is 0 Å². The summed E-state index contributed by atoms with van der Waals surface area (Å²) < 4.78 is 0. The summed E-state index contributed by atoms with van der Waals surface area (Å²) in [6.45, 7) is 2.50. The van der Waals surface area contributed by atoms with Crippen molar-refractivity contribution in [3.8, 4) is 0 Å². The zero-order chi connectivity index (χ0) is 9.15. The van der Waals surface area contributed by atoms with Crippen LogP contribution in [-0.4, -0.2) is 0 Å². The predicted octanol–water partition coefficient (Wildman–Crippen LogP) is 4.46. The molecular formula is C13H22.